The molecular weight excluding hydrogens is 280 g/mol. The van der Waals surface area contributed by atoms with E-state index in [1.807, 2.05) is 30.3 Å². The van der Waals surface area contributed by atoms with Crippen LogP contribution in [0.5, 0.6) is 0 Å². The minimum Gasteiger partial charge on any atom is -0.355 e. The van der Waals surface area contributed by atoms with Gasteiger partial charge in [-0.2, -0.15) is 0 Å². The molecule has 0 fully saturated rings. The maximum atomic E-state index is 12.4. The molecule has 2 N–H and O–H groups in total. The topological polar surface area (TPSA) is 59.6 Å². The number of ether oxygens (including phenoxy) is 2. The lowest BCUT2D eigenvalue weighted by atomic mass is 10.2. The number of benzene rings is 1. The van der Waals surface area contributed by atoms with Gasteiger partial charge in [0.2, 0.25) is 5.91 Å². The molecule has 124 valence electrons. The molecule has 1 aromatic rings. The number of nitrogens with one attached hydrogen (secondary N) is 2. The second kappa shape index (κ2) is 11.2. The third-order valence-electron chi connectivity index (χ3n) is 3.47. The fourth-order valence-electron chi connectivity index (χ4n) is 2.20. The van der Waals surface area contributed by atoms with Gasteiger partial charge in [-0.3, -0.25) is 10.1 Å². The van der Waals surface area contributed by atoms with E-state index in [9.17, 15) is 4.79 Å². The fraction of sp³-hybridized carbons (Fsp3) is 0.588. The Morgan fingerprint density at radius 2 is 1.82 bits per heavy atom. The Kier molecular flexibility index (Phi) is 9.46. The maximum absolute atomic E-state index is 12.4. The van der Waals surface area contributed by atoms with Crippen molar-refractivity contribution in [2.75, 3.05) is 20.8 Å². The number of rotatable bonds is 11. The summed E-state index contributed by atoms with van der Waals surface area (Å²) in [5.74, 6) is -0.0965. The molecule has 0 radical (unpaired) electrons. The molecule has 0 bridgehead atoms. The van der Waals surface area contributed by atoms with Crippen LogP contribution >= 0.6 is 0 Å². The lowest BCUT2D eigenvalue weighted by molar-refractivity contribution is -0.149. The van der Waals surface area contributed by atoms with E-state index in [1.54, 1.807) is 0 Å². The number of unbranched alkanes of at least 4 members (excludes halogenated alkanes) is 2. The van der Waals surface area contributed by atoms with Crippen molar-refractivity contribution in [3.8, 4) is 0 Å². The first-order valence-corrected chi connectivity index (χ1v) is 7.83. The second-order valence-corrected chi connectivity index (χ2v) is 5.18. The van der Waals surface area contributed by atoms with Crippen molar-refractivity contribution in [2.45, 2.75) is 45.1 Å². The fourth-order valence-corrected chi connectivity index (χ4v) is 2.20. The van der Waals surface area contributed by atoms with Gasteiger partial charge in [-0.15, -0.1) is 0 Å². The van der Waals surface area contributed by atoms with E-state index < -0.39 is 12.3 Å². The molecule has 1 unspecified atom stereocenters. The van der Waals surface area contributed by atoms with Crippen LogP contribution in [0.25, 0.3) is 0 Å². The summed E-state index contributed by atoms with van der Waals surface area (Å²) in [6.07, 6.45) is 2.61. The zero-order chi connectivity index (χ0) is 16.2. The van der Waals surface area contributed by atoms with Crippen LogP contribution in [-0.2, 0) is 20.8 Å². The first-order chi connectivity index (χ1) is 10.7. The van der Waals surface area contributed by atoms with Gasteiger partial charge in [0.1, 0.15) is 6.04 Å². The summed E-state index contributed by atoms with van der Waals surface area (Å²) in [7, 11) is 3.07. The van der Waals surface area contributed by atoms with E-state index in [-0.39, 0.29) is 5.91 Å². The average molecular weight is 308 g/mol. The summed E-state index contributed by atoms with van der Waals surface area (Å²) in [6, 6.07) is 9.39. The quantitative estimate of drug-likeness (QED) is 0.485. The monoisotopic (exact) mass is 308 g/mol. The lowest BCUT2D eigenvalue weighted by Crippen LogP contribution is -2.52. The van der Waals surface area contributed by atoms with Crippen molar-refractivity contribution in [1.29, 1.82) is 0 Å². The first-order valence-electron chi connectivity index (χ1n) is 7.83. The Morgan fingerprint density at radius 1 is 1.14 bits per heavy atom. The van der Waals surface area contributed by atoms with Crippen LogP contribution < -0.4 is 10.6 Å². The highest BCUT2D eigenvalue weighted by atomic mass is 16.7. The summed E-state index contributed by atoms with van der Waals surface area (Å²) in [6.45, 7) is 3.39. The molecular formula is C17H28N2O3. The van der Waals surface area contributed by atoms with Crippen LogP contribution in [0, 0.1) is 0 Å². The molecule has 0 aliphatic carbocycles. The van der Waals surface area contributed by atoms with E-state index in [4.69, 9.17) is 9.47 Å². The summed E-state index contributed by atoms with van der Waals surface area (Å²) in [5, 5.41) is 6.16. The average Bonchev–Trinajstić information content (AvgIpc) is 2.56. The molecule has 0 saturated carbocycles. The molecule has 0 aliphatic heterocycles. The van der Waals surface area contributed by atoms with Crippen LogP contribution in [-0.4, -0.2) is 39.0 Å². The molecule has 0 heterocycles. The zero-order valence-corrected chi connectivity index (χ0v) is 13.8. The number of amides is 1. The predicted octanol–water partition coefficient (Wildman–Crippen LogP) is 2.07. The molecule has 22 heavy (non-hydrogen) atoms. The van der Waals surface area contributed by atoms with E-state index in [0.717, 1.165) is 24.8 Å². The van der Waals surface area contributed by atoms with Crippen LogP contribution in [0.1, 0.15) is 31.7 Å². The van der Waals surface area contributed by atoms with E-state index in [1.165, 1.54) is 14.2 Å². The Bertz CT molecular complexity index is 408. The number of hydrogen-bond donors (Lipinski definition) is 2. The normalized spacial score (nSPS) is 12.4. The van der Waals surface area contributed by atoms with Gasteiger partial charge in [0.05, 0.1) is 0 Å². The molecule has 0 aromatic heterocycles. The number of hydrogen-bond acceptors (Lipinski definition) is 4. The van der Waals surface area contributed by atoms with Crippen LogP contribution in [0.3, 0.4) is 0 Å². The van der Waals surface area contributed by atoms with E-state index >= 15 is 0 Å². The SMILES string of the molecule is CCCCCNC(=O)C(NCc1ccccc1)C(OC)OC. The summed E-state index contributed by atoms with van der Waals surface area (Å²) >= 11 is 0. The molecule has 0 aliphatic rings. The molecule has 0 spiro atoms. The summed E-state index contributed by atoms with van der Waals surface area (Å²) < 4.78 is 10.5. The highest BCUT2D eigenvalue weighted by molar-refractivity contribution is 5.82. The Morgan fingerprint density at radius 3 is 2.41 bits per heavy atom. The van der Waals surface area contributed by atoms with Crippen molar-refractivity contribution in [3.63, 3.8) is 0 Å². The second-order valence-electron chi connectivity index (χ2n) is 5.18. The van der Waals surface area contributed by atoms with Gasteiger partial charge in [-0.05, 0) is 12.0 Å². The van der Waals surface area contributed by atoms with Gasteiger partial charge in [0.25, 0.3) is 0 Å². The third-order valence-corrected chi connectivity index (χ3v) is 3.47. The van der Waals surface area contributed by atoms with E-state index in [0.29, 0.717) is 13.1 Å². The standard InChI is InChI=1S/C17H28N2O3/c1-4-5-9-12-18-16(20)15(17(21-2)22-3)19-13-14-10-7-6-8-11-14/h6-8,10-11,15,17,19H,4-5,9,12-13H2,1-3H3,(H,18,20). The number of methoxy groups -OCH3 is 2. The maximum Gasteiger partial charge on any atom is 0.242 e. The van der Waals surface area contributed by atoms with Crippen molar-refractivity contribution in [3.05, 3.63) is 35.9 Å². The highest BCUT2D eigenvalue weighted by Crippen LogP contribution is 2.04. The molecule has 1 atom stereocenters. The van der Waals surface area contributed by atoms with Crippen LogP contribution in [0.2, 0.25) is 0 Å². The number of carbonyl (C=O) groups excluding carboxylic acids is 1. The summed E-state index contributed by atoms with van der Waals surface area (Å²) in [4.78, 5) is 12.4. The van der Waals surface area contributed by atoms with Crippen LogP contribution in [0.15, 0.2) is 30.3 Å². The van der Waals surface area contributed by atoms with Gasteiger partial charge in [0, 0.05) is 27.3 Å². The minimum absolute atomic E-state index is 0.0965. The smallest absolute Gasteiger partial charge is 0.242 e. The molecule has 0 saturated heterocycles. The summed E-state index contributed by atoms with van der Waals surface area (Å²) in [5.41, 5.74) is 1.11. The lowest BCUT2D eigenvalue weighted by Gasteiger charge is -2.25. The minimum atomic E-state index is -0.616. The molecule has 5 nitrogen and oxygen atoms in total. The van der Waals surface area contributed by atoms with Gasteiger partial charge in [-0.25, -0.2) is 0 Å². The van der Waals surface area contributed by atoms with Crippen molar-refractivity contribution in [1.82, 2.24) is 10.6 Å². The largest absolute Gasteiger partial charge is 0.355 e. The number of carbonyl (C=O) groups is 1. The van der Waals surface area contributed by atoms with Gasteiger partial charge < -0.3 is 14.8 Å². The molecule has 5 heteroatoms. The van der Waals surface area contributed by atoms with Gasteiger partial charge in [0.15, 0.2) is 6.29 Å². The van der Waals surface area contributed by atoms with Gasteiger partial charge in [-0.1, -0.05) is 50.1 Å². The Labute approximate surface area is 133 Å². The Balaban J connectivity index is 2.57. The Hall–Kier alpha value is -1.43. The van der Waals surface area contributed by atoms with Crippen molar-refractivity contribution < 1.29 is 14.3 Å². The third kappa shape index (κ3) is 6.56. The van der Waals surface area contributed by atoms with Crippen LogP contribution in [0.4, 0.5) is 0 Å². The van der Waals surface area contributed by atoms with E-state index in [2.05, 4.69) is 17.6 Å². The van der Waals surface area contributed by atoms with Gasteiger partial charge >= 0.3 is 0 Å². The first kappa shape index (κ1) is 18.6. The zero-order valence-electron chi connectivity index (χ0n) is 13.8. The molecule has 1 rings (SSSR count). The van der Waals surface area contributed by atoms with Crippen molar-refractivity contribution >= 4 is 5.91 Å². The molecule has 1 amide bonds. The highest BCUT2D eigenvalue weighted by Gasteiger charge is 2.27. The molecule has 1 aromatic carbocycles. The van der Waals surface area contributed by atoms with Crippen molar-refractivity contribution in [2.24, 2.45) is 0 Å². The predicted molar refractivity (Wildman–Crippen MR) is 87.4 cm³/mol.